The summed E-state index contributed by atoms with van der Waals surface area (Å²) in [6.45, 7) is 2.55. The maximum Gasteiger partial charge on any atom is 0.225 e. The van der Waals surface area contributed by atoms with Gasteiger partial charge in [-0.2, -0.15) is 0 Å². The Bertz CT molecular complexity index is 616. The second-order valence-electron chi connectivity index (χ2n) is 4.53. The molecule has 0 spiro atoms. The Labute approximate surface area is 116 Å². The predicted molar refractivity (Wildman–Crippen MR) is 74.4 cm³/mol. The Morgan fingerprint density at radius 3 is 2.70 bits per heavy atom. The van der Waals surface area contributed by atoms with Crippen molar-refractivity contribution in [1.82, 2.24) is 9.97 Å². The van der Waals surface area contributed by atoms with Crippen molar-refractivity contribution in [3.05, 3.63) is 41.6 Å². The monoisotopic (exact) mass is 278 g/mol. The number of likely N-dealkylation sites (N-methyl/N-ethyl adjacent to an activating group) is 1. The average Bonchev–Trinajstić information content (AvgIpc) is 2.43. The first-order valence-electron chi connectivity index (χ1n) is 6.23. The fourth-order valence-corrected chi connectivity index (χ4v) is 1.82. The smallest absolute Gasteiger partial charge is 0.225 e. The van der Waals surface area contributed by atoms with Crippen LogP contribution in [0.25, 0.3) is 11.3 Å². The molecule has 0 unspecified atom stereocenters. The Morgan fingerprint density at radius 2 is 2.00 bits per heavy atom. The molecule has 1 aromatic heterocycles. The third-order valence-electron chi connectivity index (χ3n) is 2.97. The first kappa shape index (κ1) is 14.3. The number of aryl methyl sites for hydroxylation is 1. The number of benzene rings is 1. The van der Waals surface area contributed by atoms with Crippen molar-refractivity contribution in [2.24, 2.45) is 5.73 Å². The molecular weight excluding hydrogens is 262 g/mol. The zero-order valence-corrected chi connectivity index (χ0v) is 11.4. The number of anilines is 1. The van der Waals surface area contributed by atoms with Crippen LogP contribution in [-0.2, 0) is 0 Å². The van der Waals surface area contributed by atoms with E-state index in [0.717, 1.165) is 12.1 Å². The van der Waals surface area contributed by atoms with Crippen LogP contribution >= 0.6 is 0 Å². The topological polar surface area (TPSA) is 55.0 Å². The number of nitrogens with two attached hydrogens (primary N) is 1. The van der Waals surface area contributed by atoms with E-state index in [-0.39, 0.29) is 11.1 Å². The number of halogens is 2. The van der Waals surface area contributed by atoms with Gasteiger partial charge >= 0.3 is 0 Å². The minimum absolute atomic E-state index is 0.123. The van der Waals surface area contributed by atoms with E-state index in [2.05, 4.69) is 9.97 Å². The predicted octanol–water partition coefficient (Wildman–Crippen LogP) is 2.13. The second-order valence-corrected chi connectivity index (χ2v) is 4.53. The molecule has 0 aliphatic heterocycles. The third-order valence-corrected chi connectivity index (χ3v) is 2.97. The first-order chi connectivity index (χ1) is 9.52. The Kier molecular flexibility index (Phi) is 4.24. The summed E-state index contributed by atoms with van der Waals surface area (Å²) in [5.74, 6) is -0.541. The molecule has 0 radical (unpaired) electrons. The fraction of sp³-hybridized carbons (Fsp3) is 0.286. The second kappa shape index (κ2) is 5.92. The van der Waals surface area contributed by atoms with Gasteiger partial charge in [-0.3, -0.25) is 0 Å². The molecule has 0 fully saturated rings. The maximum atomic E-state index is 13.9. The van der Waals surface area contributed by atoms with E-state index in [0.29, 0.717) is 24.7 Å². The van der Waals surface area contributed by atoms with Crippen LogP contribution in [0.15, 0.2) is 24.4 Å². The summed E-state index contributed by atoms with van der Waals surface area (Å²) in [4.78, 5) is 10.1. The van der Waals surface area contributed by atoms with Crippen LogP contribution in [0.3, 0.4) is 0 Å². The summed E-state index contributed by atoms with van der Waals surface area (Å²) in [5, 5.41) is 0. The molecule has 0 aliphatic carbocycles. The van der Waals surface area contributed by atoms with E-state index < -0.39 is 11.6 Å². The SMILES string of the molecule is Cc1cc(F)c(-c2ccnc(N(C)CCN)n2)cc1F. The molecule has 2 rings (SSSR count). The van der Waals surface area contributed by atoms with E-state index >= 15 is 0 Å². The molecule has 0 bridgehead atoms. The lowest BCUT2D eigenvalue weighted by Crippen LogP contribution is -2.26. The lowest BCUT2D eigenvalue weighted by atomic mass is 10.1. The van der Waals surface area contributed by atoms with Gasteiger partial charge in [-0.25, -0.2) is 18.7 Å². The minimum Gasteiger partial charge on any atom is -0.343 e. The van der Waals surface area contributed by atoms with Crippen molar-refractivity contribution in [3.63, 3.8) is 0 Å². The number of hydrogen-bond acceptors (Lipinski definition) is 4. The van der Waals surface area contributed by atoms with Crippen LogP contribution in [0, 0.1) is 18.6 Å². The van der Waals surface area contributed by atoms with E-state index in [1.807, 2.05) is 0 Å². The number of hydrogen-bond donors (Lipinski definition) is 1. The van der Waals surface area contributed by atoms with Gasteiger partial charge in [-0.05, 0) is 30.7 Å². The fourth-order valence-electron chi connectivity index (χ4n) is 1.82. The van der Waals surface area contributed by atoms with E-state index in [9.17, 15) is 8.78 Å². The molecule has 0 saturated carbocycles. The quantitative estimate of drug-likeness (QED) is 0.930. The van der Waals surface area contributed by atoms with Crippen LogP contribution in [0.2, 0.25) is 0 Å². The van der Waals surface area contributed by atoms with Crippen LogP contribution in [-0.4, -0.2) is 30.1 Å². The van der Waals surface area contributed by atoms with Crippen LogP contribution in [0.1, 0.15) is 5.56 Å². The molecular formula is C14H16F2N4. The number of aromatic nitrogens is 2. The molecule has 1 heterocycles. The molecule has 2 aromatic rings. The molecule has 0 aliphatic rings. The normalized spacial score (nSPS) is 10.7. The molecule has 20 heavy (non-hydrogen) atoms. The Morgan fingerprint density at radius 1 is 1.25 bits per heavy atom. The molecule has 0 atom stereocenters. The Balaban J connectivity index is 2.43. The van der Waals surface area contributed by atoms with Crippen LogP contribution in [0.5, 0.6) is 0 Å². The highest BCUT2D eigenvalue weighted by Gasteiger charge is 2.12. The van der Waals surface area contributed by atoms with E-state index in [1.165, 1.54) is 13.1 Å². The molecule has 0 saturated heterocycles. The summed E-state index contributed by atoms with van der Waals surface area (Å²) in [6, 6.07) is 3.86. The van der Waals surface area contributed by atoms with Crippen molar-refractivity contribution >= 4 is 5.95 Å². The molecule has 4 nitrogen and oxygen atoms in total. The van der Waals surface area contributed by atoms with Crippen LogP contribution < -0.4 is 10.6 Å². The largest absolute Gasteiger partial charge is 0.343 e. The van der Waals surface area contributed by atoms with Gasteiger partial charge in [0.1, 0.15) is 11.6 Å². The summed E-state index contributed by atoms with van der Waals surface area (Å²) in [6.07, 6.45) is 1.52. The van der Waals surface area contributed by atoms with Crippen molar-refractivity contribution in [2.75, 3.05) is 25.0 Å². The highest BCUT2D eigenvalue weighted by atomic mass is 19.1. The van der Waals surface area contributed by atoms with Gasteiger partial charge in [-0.1, -0.05) is 0 Å². The van der Waals surface area contributed by atoms with Gasteiger partial charge < -0.3 is 10.6 Å². The van der Waals surface area contributed by atoms with Crippen molar-refractivity contribution in [2.45, 2.75) is 6.92 Å². The van der Waals surface area contributed by atoms with Gasteiger partial charge in [0.2, 0.25) is 5.95 Å². The molecule has 0 amide bonds. The summed E-state index contributed by atoms with van der Waals surface area (Å²) >= 11 is 0. The summed E-state index contributed by atoms with van der Waals surface area (Å²) < 4.78 is 27.5. The Hall–Kier alpha value is -2.08. The molecule has 106 valence electrons. The zero-order chi connectivity index (χ0) is 14.7. The minimum atomic E-state index is -0.505. The number of nitrogens with zero attached hydrogens (tertiary/aromatic N) is 3. The maximum absolute atomic E-state index is 13.9. The summed E-state index contributed by atoms with van der Waals surface area (Å²) in [7, 11) is 1.79. The van der Waals surface area contributed by atoms with Gasteiger partial charge in [0, 0.05) is 31.9 Å². The summed E-state index contributed by atoms with van der Waals surface area (Å²) in [5.41, 5.74) is 6.20. The third kappa shape index (κ3) is 2.91. The average molecular weight is 278 g/mol. The van der Waals surface area contributed by atoms with Crippen molar-refractivity contribution in [3.8, 4) is 11.3 Å². The lowest BCUT2D eigenvalue weighted by Gasteiger charge is -2.16. The van der Waals surface area contributed by atoms with E-state index in [4.69, 9.17) is 5.73 Å². The molecule has 2 N–H and O–H groups in total. The van der Waals surface area contributed by atoms with Crippen molar-refractivity contribution in [1.29, 1.82) is 0 Å². The standard InChI is InChI=1S/C14H16F2N4/c1-9-7-12(16)10(8-11(9)15)13-3-5-18-14(19-13)20(2)6-4-17/h3,5,7-8H,4,6,17H2,1-2H3. The van der Waals surface area contributed by atoms with Gasteiger partial charge in [0.15, 0.2) is 0 Å². The highest BCUT2D eigenvalue weighted by molar-refractivity contribution is 5.61. The van der Waals surface area contributed by atoms with Gasteiger partial charge in [0.25, 0.3) is 0 Å². The first-order valence-corrected chi connectivity index (χ1v) is 6.23. The van der Waals surface area contributed by atoms with Crippen LogP contribution in [0.4, 0.5) is 14.7 Å². The molecule has 1 aromatic carbocycles. The highest BCUT2D eigenvalue weighted by Crippen LogP contribution is 2.24. The van der Waals surface area contributed by atoms with E-state index in [1.54, 1.807) is 18.0 Å². The zero-order valence-electron chi connectivity index (χ0n) is 11.4. The van der Waals surface area contributed by atoms with Gasteiger partial charge in [0.05, 0.1) is 5.69 Å². The lowest BCUT2D eigenvalue weighted by molar-refractivity contribution is 0.594. The van der Waals surface area contributed by atoms with Gasteiger partial charge in [-0.15, -0.1) is 0 Å². The van der Waals surface area contributed by atoms with Crippen molar-refractivity contribution < 1.29 is 8.78 Å². The number of rotatable bonds is 4. The molecule has 6 heteroatoms.